The molecule has 1 heteroatoms. The SMILES string of the molecule is C=C(C)[CH2][Al]([CH2]C(C)C)[CH2]C(C)C. The highest BCUT2D eigenvalue weighted by Gasteiger charge is 2.19. The molecule has 0 aliphatic heterocycles. The van der Waals surface area contributed by atoms with Gasteiger partial charge in [0.1, 0.15) is 0 Å². The van der Waals surface area contributed by atoms with Crippen molar-refractivity contribution in [2.45, 2.75) is 50.5 Å². The zero-order valence-corrected chi connectivity index (χ0v) is 11.2. The van der Waals surface area contributed by atoms with Crippen LogP contribution in [-0.2, 0) is 0 Å². The molecule has 0 amide bonds. The number of allylic oxidation sites excluding steroid dienone is 1. The number of hydrogen-bond acceptors (Lipinski definition) is 0. The van der Waals surface area contributed by atoms with Gasteiger partial charge in [-0.05, 0) is 6.92 Å². The summed E-state index contributed by atoms with van der Waals surface area (Å²) in [5, 5.41) is 4.34. The highest BCUT2D eigenvalue weighted by molar-refractivity contribution is 6.59. The Balaban J connectivity index is 3.95. The lowest BCUT2D eigenvalue weighted by molar-refractivity contribution is 0.689. The zero-order chi connectivity index (χ0) is 10.4. The van der Waals surface area contributed by atoms with Gasteiger partial charge >= 0.3 is 0 Å². The molecule has 0 aliphatic carbocycles. The molecule has 0 nitrogen and oxygen atoms in total. The maximum absolute atomic E-state index is 4.04. The largest absolute Gasteiger partial charge is 0.267 e. The van der Waals surface area contributed by atoms with E-state index >= 15 is 0 Å². The minimum atomic E-state index is -0.507. The average Bonchev–Trinajstić information content (AvgIpc) is 1.80. The van der Waals surface area contributed by atoms with E-state index in [9.17, 15) is 0 Å². The van der Waals surface area contributed by atoms with Crippen LogP contribution in [0.4, 0.5) is 0 Å². The normalized spacial score (nSPS) is 11.0. The molecule has 0 bridgehead atoms. The first kappa shape index (κ1) is 13.3. The van der Waals surface area contributed by atoms with E-state index in [4.69, 9.17) is 0 Å². The first-order chi connectivity index (χ1) is 5.91. The van der Waals surface area contributed by atoms with Crippen LogP contribution in [0, 0.1) is 11.8 Å². The standard InChI is InChI=1S/2C4H9.C4H7.Al/c3*1-4(2)3;/h2*4H,1H2,2-3H3;1-2H2,3H3;. The molecule has 0 N–H and O–H groups in total. The van der Waals surface area contributed by atoms with Crippen LogP contribution in [0.5, 0.6) is 0 Å². The topological polar surface area (TPSA) is 0 Å². The van der Waals surface area contributed by atoms with Gasteiger partial charge in [0.15, 0.2) is 0 Å². The van der Waals surface area contributed by atoms with Crippen LogP contribution >= 0.6 is 0 Å². The van der Waals surface area contributed by atoms with E-state index in [1.807, 2.05) is 0 Å². The van der Waals surface area contributed by atoms with Crippen molar-refractivity contribution in [2.24, 2.45) is 11.8 Å². The van der Waals surface area contributed by atoms with Crippen LogP contribution in [0.3, 0.4) is 0 Å². The molecular formula is C12H25Al. The third-order valence-corrected chi connectivity index (χ3v) is 6.74. The number of hydrogen-bond donors (Lipinski definition) is 0. The molecule has 0 heterocycles. The summed E-state index contributed by atoms with van der Waals surface area (Å²) in [4.78, 5) is 0. The predicted molar refractivity (Wildman–Crippen MR) is 64.7 cm³/mol. The van der Waals surface area contributed by atoms with Crippen molar-refractivity contribution >= 4 is 14.1 Å². The van der Waals surface area contributed by atoms with E-state index in [2.05, 4.69) is 41.2 Å². The Morgan fingerprint density at radius 2 is 1.46 bits per heavy atom. The molecule has 0 aromatic rings. The van der Waals surface area contributed by atoms with E-state index in [0.29, 0.717) is 0 Å². The van der Waals surface area contributed by atoms with Gasteiger partial charge in [0, 0.05) is 0 Å². The monoisotopic (exact) mass is 196 g/mol. The molecule has 0 aromatic carbocycles. The molecule has 0 atom stereocenters. The van der Waals surface area contributed by atoms with Crippen molar-refractivity contribution in [2.75, 3.05) is 0 Å². The van der Waals surface area contributed by atoms with Gasteiger partial charge in [-0.15, -0.1) is 6.58 Å². The van der Waals surface area contributed by atoms with Crippen LogP contribution < -0.4 is 0 Å². The van der Waals surface area contributed by atoms with Crippen LogP contribution in [0.25, 0.3) is 0 Å². The van der Waals surface area contributed by atoms with Gasteiger partial charge in [-0.2, -0.15) is 0 Å². The summed E-state index contributed by atoms with van der Waals surface area (Å²) in [6.07, 6.45) is 0. The minimum Gasteiger partial charge on any atom is -0.101 e. The lowest BCUT2D eigenvalue weighted by atomic mass is 10.3. The molecule has 0 spiro atoms. The van der Waals surface area contributed by atoms with Crippen molar-refractivity contribution < 1.29 is 0 Å². The predicted octanol–water partition coefficient (Wildman–Crippen LogP) is 4.37. The summed E-state index contributed by atoms with van der Waals surface area (Å²) in [5.74, 6) is 1.77. The van der Waals surface area contributed by atoms with E-state index in [1.54, 1.807) is 0 Å². The first-order valence-corrected chi connectivity index (χ1v) is 8.01. The first-order valence-electron chi connectivity index (χ1n) is 5.56. The lowest BCUT2D eigenvalue weighted by Crippen LogP contribution is -2.17. The molecule has 0 rings (SSSR count). The fourth-order valence-corrected chi connectivity index (χ4v) is 6.27. The van der Waals surface area contributed by atoms with Crippen molar-refractivity contribution in [1.29, 1.82) is 0 Å². The minimum absolute atomic E-state index is 0.507. The summed E-state index contributed by atoms with van der Waals surface area (Å²) in [6.45, 7) is 15.6. The van der Waals surface area contributed by atoms with E-state index in [1.165, 1.54) is 21.4 Å². The van der Waals surface area contributed by atoms with Crippen molar-refractivity contribution in [3.63, 3.8) is 0 Å². The van der Waals surface area contributed by atoms with Gasteiger partial charge in [-0.25, -0.2) is 0 Å². The third-order valence-electron chi connectivity index (χ3n) is 2.25. The molecule has 0 saturated carbocycles. The molecule has 0 aromatic heterocycles. The highest BCUT2D eigenvalue weighted by Crippen LogP contribution is 2.20. The Kier molecular flexibility index (Phi) is 6.83. The molecular weight excluding hydrogens is 171 g/mol. The smallest absolute Gasteiger partial charge is 0.101 e. The van der Waals surface area contributed by atoms with Crippen molar-refractivity contribution in [3.05, 3.63) is 12.2 Å². The van der Waals surface area contributed by atoms with E-state index in [0.717, 1.165) is 11.8 Å². The van der Waals surface area contributed by atoms with Gasteiger partial charge in [0.25, 0.3) is 14.1 Å². The summed E-state index contributed by atoms with van der Waals surface area (Å²) < 4.78 is 0. The molecule has 0 radical (unpaired) electrons. The van der Waals surface area contributed by atoms with E-state index < -0.39 is 14.1 Å². The van der Waals surface area contributed by atoms with Crippen LogP contribution in [0.15, 0.2) is 12.2 Å². The summed E-state index contributed by atoms with van der Waals surface area (Å²) >= 11 is -0.507. The highest BCUT2D eigenvalue weighted by atomic mass is 27.2. The summed E-state index contributed by atoms with van der Waals surface area (Å²) in [7, 11) is 0. The van der Waals surface area contributed by atoms with Crippen LogP contribution in [-0.4, -0.2) is 14.1 Å². The van der Waals surface area contributed by atoms with Crippen molar-refractivity contribution in [1.82, 2.24) is 0 Å². The van der Waals surface area contributed by atoms with Gasteiger partial charge in [0.05, 0.1) is 0 Å². The van der Waals surface area contributed by atoms with Gasteiger partial charge in [-0.3, -0.25) is 0 Å². The maximum Gasteiger partial charge on any atom is 0.267 e. The summed E-state index contributed by atoms with van der Waals surface area (Å²) in [5.41, 5.74) is 1.40. The van der Waals surface area contributed by atoms with Gasteiger partial charge in [0.2, 0.25) is 0 Å². The lowest BCUT2D eigenvalue weighted by Gasteiger charge is -2.16. The molecule has 0 unspecified atom stereocenters. The molecule has 0 saturated heterocycles. The second-order valence-corrected chi connectivity index (χ2v) is 8.37. The fraction of sp³-hybridized carbons (Fsp3) is 0.833. The molecule has 76 valence electrons. The summed E-state index contributed by atoms with van der Waals surface area (Å²) in [6, 6.07) is 0. The second-order valence-electron chi connectivity index (χ2n) is 5.29. The molecule has 0 aliphatic rings. The Bertz CT molecular complexity index is 137. The fourth-order valence-electron chi connectivity index (χ4n) is 2.09. The average molecular weight is 196 g/mol. The Labute approximate surface area is 88.8 Å². The quantitative estimate of drug-likeness (QED) is 0.437. The maximum atomic E-state index is 4.04. The molecule has 0 fully saturated rings. The zero-order valence-electron chi connectivity index (χ0n) is 10.1. The van der Waals surface area contributed by atoms with Crippen LogP contribution in [0.2, 0.25) is 15.8 Å². The number of rotatable bonds is 6. The second kappa shape index (κ2) is 6.69. The van der Waals surface area contributed by atoms with E-state index in [-0.39, 0.29) is 0 Å². The van der Waals surface area contributed by atoms with Gasteiger partial charge in [-0.1, -0.05) is 61.0 Å². The Hall–Kier alpha value is 0.272. The third kappa shape index (κ3) is 8.60. The Morgan fingerprint density at radius 3 is 1.69 bits per heavy atom. The van der Waals surface area contributed by atoms with Crippen LogP contribution in [0.1, 0.15) is 34.6 Å². The Morgan fingerprint density at radius 1 is 1.08 bits per heavy atom. The van der Waals surface area contributed by atoms with Gasteiger partial charge < -0.3 is 0 Å². The van der Waals surface area contributed by atoms with Crippen molar-refractivity contribution in [3.8, 4) is 0 Å². The molecule has 13 heavy (non-hydrogen) atoms.